The number of fused-ring (bicyclic) bond motifs is 1. The first-order chi connectivity index (χ1) is 20.3. The summed E-state index contributed by atoms with van der Waals surface area (Å²) in [6.45, 7) is 10.3. The van der Waals surface area contributed by atoms with Gasteiger partial charge in [0.15, 0.2) is 5.65 Å². The molecule has 5 rings (SSSR count). The normalized spacial score (nSPS) is 14.0. The lowest BCUT2D eigenvalue weighted by Crippen LogP contribution is -2.45. The zero-order valence-corrected chi connectivity index (χ0v) is 23.9. The first-order valence-electron chi connectivity index (χ1n) is 14.0. The molecule has 3 aromatic heterocycles. The van der Waals surface area contributed by atoms with Gasteiger partial charge < -0.3 is 10.2 Å². The molecule has 0 aliphatic carbocycles. The van der Waals surface area contributed by atoms with E-state index in [-0.39, 0.29) is 24.2 Å². The Labute approximate surface area is 243 Å². The Balaban J connectivity index is 0.00000198. The van der Waals surface area contributed by atoms with Crippen molar-refractivity contribution in [2.24, 2.45) is 0 Å². The van der Waals surface area contributed by atoms with Crippen LogP contribution in [0.25, 0.3) is 5.65 Å². The molecule has 42 heavy (non-hydrogen) atoms. The Morgan fingerprint density at radius 2 is 1.74 bits per heavy atom. The number of benzene rings is 1. The summed E-state index contributed by atoms with van der Waals surface area (Å²) in [5.74, 6) is 5.56. The predicted molar refractivity (Wildman–Crippen MR) is 156 cm³/mol. The zero-order valence-electron chi connectivity index (χ0n) is 23.9. The van der Waals surface area contributed by atoms with Gasteiger partial charge in [-0.3, -0.25) is 14.7 Å². The van der Waals surface area contributed by atoms with E-state index in [2.05, 4.69) is 44.0 Å². The molecule has 0 bridgehead atoms. The molecule has 0 atom stereocenters. The van der Waals surface area contributed by atoms with E-state index in [0.717, 1.165) is 38.8 Å². The molecule has 1 aliphatic heterocycles. The maximum Gasteiger partial charge on any atom is 0.416 e. The Kier molecular flexibility index (Phi) is 10.3. The summed E-state index contributed by atoms with van der Waals surface area (Å²) in [6.07, 6.45) is 0.153. The van der Waals surface area contributed by atoms with Crippen LogP contribution in [0.5, 0.6) is 0 Å². The largest absolute Gasteiger partial charge is 0.416 e. The number of carbonyl (C=O) groups is 1. The summed E-state index contributed by atoms with van der Waals surface area (Å²) in [5, 5.41) is 6.81. The second-order valence-corrected chi connectivity index (χ2v) is 9.53. The molecule has 1 aromatic carbocycles. The molecule has 1 N–H and O–H groups in total. The molecule has 220 valence electrons. The fourth-order valence-electron chi connectivity index (χ4n) is 4.63. The number of piperazine rings is 1. The minimum absolute atomic E-state index is 0.0907. The van der Waals surface area contributed by atoms with E-state index in [4.69, 9.17) is 0 Å². The first kappa shape index (κ1) is 30.7. The summed E-state index contributed by atoms with van der Waals surface area (Å²) < 4.78 is 43.4. The molecular formula is C31H34F3N7O. The number of imidazole rings is 1. The molecule has 4 heterocycles. The molecule has 0 radical (unpaired) electrons. The van der Waals surface area contributed by atoms with Crippen molar-refractivity contribution < 1.29 is 18.0 Å². The van der Waals surface area contributed by atoms with Crippen molar-refractivity contribution in [1.82, 2.24) is 29.4 Å². The van der Waals surface area contributed by atoms with E-state index in [9.17, 15) is 18.0 Å². The topological polar surface area (TPSA) is 78.7 Å². The molecule has 0 spiro atoms. The summed E-state index contributed by atoms with van der Waals surface area (Å²) in [6, 6.07) is 11.0. The number of hydrogen-bond donors (Lipinski definition) is 1. The number of pyridine rings is 1. The number of rotatable bonds is 6. The minimum atomic E-state index is -4.54. The Bertz CT molecular complexity index is 1560. The van der Waals surface area contributed by atoms with Crippen molar-refractivity contribution in [2.45, 2.75) is 39.9 Å². The van der Waals surface area contributed by atoms with Gasteiger partial charge in [0.1, 0.15) is 5.69 Å². The van der Waals surface area contributed by atoms with Gasteiger partial charge in [0.25, 0.3) is 0 Å². The van der Waals surface area contributed by atoms with Crippen LogP contribution < -0.4 is 5.32 Å². The van der Waals surface area contributed by atoms with Crippen LogP contribution in [-0.4, -0.2) is 68.0 Å². The van der Waals surface area contributed by atoms with Crippen LogP contribution >= 0.6 is 0 Å². The van der Waals surface area contributed by atoms with Crippen molar-refractivity contribution >= 4 is 17.2 Å². The van der Waals surface area contributed by atoms with Crippen LogP contribution in [0, 0.1) is 11.8 Å². The summed E-state index contributed by atoms with van der Waals surface area (Å²) >= 11 is 0. The van der Waals surface area contributed by atoms with E-state index >= 15 is 0 Å². The van der Waals surface area contributed by atoms with Crippen LogP contribution in [0.3, 0.4) is 0 Å². The highest BCUT2D eigenvalue weighted by atomic mass is 19.4. The van der Waals surface area contributed by atoms with Crippen LogP contribution in [0.4, 0.5) is 18.9 Å². The van der Waals surface area contributed by atoms with Crippen LogP contribution in [0.1, 0.15) is 48.8 Å². The van der Waals surface area contributed by atoms with Gasteiger partial charge >= 0.3 is 6.18 Å². The maximum absolute atomic E-state index is 13.9. The second kappa shape index (κ2) is 14.1. The minimum Gasteiger partial charge on any atom is -0.326 e. The predicted octanol–water partition coefficient (Wildman–Crippen LogP) is 4.89. The van der Waals surface area contributed by atoms with Gasteiger partial charge in [-0.2, -0.15) is 18.3 Å². The highest BCUT2D eigenvalue weighted by Crippen LogP contribution is 2.34. The number of aromatic nitrogens is 4. The molecule has 1 fully saturated rings. The molecule has 1 saturated heterocycles. The highest BCUT2D eigenvalue weighted by Gasteiger charge is 2.34. The van der Waals surface area contributed by atoms with Gasteiger partial charge in [0.05, 0.1) is 23.9 Å². The third-order valence-corrected chi connectivity index (χ3v) is 6.78. The lowest BCUT2D eigenvalue weighted by atomic mass is 10.0. The van der Waals surface area contributed by atoms with Crippen LogP contribution in [0.2, 0.25) is 0 Å². The standard InChI is InChI=1S/C29H28F3N7O.C2H6/c1-2-37-12-14-38(15-13-37)20-22-6-7-23(17-26(22)29(30,31)32)36-28(40)18-24-16-21(9-11-33-24)5-8-25-19-34-27-4-3-10-35-39(25)27;1-2/h3-4,6-7,9-11,16-17,19H,2,12-15,18,20H2,1H3,(H,36,40);1-2H3. The van der Waals surface area contributed by atoms with E-state index in [0.29, 0.717) is 22.6 Å². The van der Waals surface area contributed by atoms with E-state index in [1.807, 2.05) is 24.8 Å². The number of halogens is 3. The molecule has 1 aliphatic rings. The quantitative estimate of drug-likeness (QED) is 0.329. The molecule has 8 nitrogen and oxygen atoms in total. The summed E-state index contributed by atoms with van der Waals surface area (Å²) in [4.78, 5) is 25.5. The van der Waals surface area contributed by atoms with Gasteiger partial charge in [0.2, 0.25) is 5.91 Å². The Morgan fingerprint density at radius 1 is 0.976 bits per heavy atom. The van der Waals surface area contributed by atoms with Gasteiger partial charge in [-0.1, -0.05) is 32.8 Å². The zero-order chi connectivity index (χ0) is 30.1. The van der Waals surface area contributed by atoms with E-state index < -0.39 is 17.6 Å². The number of nitrogens with zero attached hydrogens (tertiary/aromatic N) is 6. The van der Waals surface area contributed by atoms with Crippen molar-refractivity contribution in [3.05, 3.63) is 89.1 Å². The summed E-state index contributed by atoms with van der Waals surface area (Å²) in [7, 11) is 0. The molecule has 4 aromatic rings. The summed E-state index contributed by atoms with van der Waals surface area (Å²) in [5.41, 5.74) is 1.92. The number of nitrogens with one attached hydrogen (secondary N) is 1. The fraction of sp³-hybridized carbons (Fsp3) is 0.355. The van der Waals surface area contributed by atoms with Gasteiger partial charge in [-0.25, -0.2) is 9.50 Å². The Hall–Kier alpha value is -4.27. The number of alkyl halides is 3. The molecule has 1 amide bonds. The third-order valence-electron chi connectivity index (χ3n) is 6.78. The molecule has 0 unspecified atom stereocenters. The van der Waals surface area contributed by atoms with Crippen molar-refractivity contribution in [3.63, 3.8) is 0 Å². The fourth-order valence-corrected chi connectivity index (χ4v) is 4.63. The molecular weight excluding hydrogens is 543 g/mol. The van der Waals surface area contributed by atoms with Gasteiger partial charge in [-0.15, -0.1) is 0 Å². The average Bonchev–Trinajstić information content (AvgIpc) is 3.41. The number of carbonyl (C=O) groups excluding carboxylic acids is 1. The van der Waals surface area contributed by atoms with Crippen molar-refractivity contribution in [1.29, 1.82) is 0 Å². The second-order valence-electron chi connectivity index (χ2n) is 9.53. The number of likely N-dealkylation sites (N-methyl/N-ethyl adjacent to an activating group) is 1. The van der Waals surface area contributed by atoms with Crippen molar-refractivity contribution in [3.8, 4) is 11.8 Å². The number of amides is 1. The average molecular weight is 578 g/mol. The Morgan fingerprint density at radius 3 is 2.48 bits per heavy atom. The lowest BCUT2D eigenvalue weighted by Gasteiger charge is -2.34. The third kappa shape index (κ3) is 7.93. The SMILES string of the molecule is CC.CCN1CCN(Cc2ccc(NC(=O)Cc3cc(C#Cc4cnc5cccnn45)ccn3)cc2C(F)(F)F)CC1. The smallest absolute Gasteiger partial charge is 0.326 e. The maximum atomic E-state index is 13.9. The highest BCUT2D eigenvalue weighted by molar-refractivity contribution is 5.92. The monoisotopic (exact) mass is 577 g/mol. The first-order valence-corrected chi connectivity index (χ1v) is 14.0. The molecule has 11 heteroatoms. The van der Waals surface area contributed by atoms with Crippen LogP contribution in [-0.2, 0) is 23.9 Å². The van der Waals surface area contributed by atoms with Gasteiger partial charge in [0, 0.05) is 56.4 Å². The van der Waals surface area contributed by atoms with Crippen LogP contribution in [0.15, 0.2) is 61.1 Å². The van der Waals surface area contributed by atoms with E-state index in [1.165, 1.54) is 18.3 Å². The van der Waals surface area contributed by atoms with Gasteiger partial charge in [-0.05, 0) is 54.4 Å². The van der Waals surface area contributed by atoms with E-state index in [1.54, 1.807) is 35.1 Å². The number of hydrogen-bond acceptors (Lipinski definition) is 6. The molecule has 0 saturated carbocycles. The van der Waals surface area contributed by atoms with Crippen molar-refractivity contribution in [2.75, 3.05) is 38.0 Å². The number of anilines is 1. The lowest BCUT2D eigenvalue weighted by molar-refractivity contribution is -0.138.